The molecule has 0 bridgehead atoms. The first-order valence-electron chi connectivity index (χ1n) is 8.11. The average Bonchev–Trinajstić information content (AvgIpc) is 2.48. The molecular formula is C17H29N3O. The molecule has 1 aliphatic rings. The van der Waals surface area contributed by atoms with E-state index >= 15 is 0 Å². The molecule has 0 unspecified atom stereocenters. The summed E-state index contributed by atoms with van der Waals surface area (Å²) in [6.45, 7) is 10.9. The molecule has 3 N–H and O–H groups in total. The summed E-state index contributed by atoms with van der Waals surface area (Å²) in [5.74, 6) is 1.54. The highest BCUT2D eigenvalue weighted by Crippen LogP contribution is 2.27. The van der Waals surface area contributed by atoms with Gasteiger partial charge in [-0.2, -0.15) is 0 Å². The molecule has 1 heterocycles. The largest absolute Gasteiger partial charge is 0.489 e. The lowest BCUT2D eigenvalue weighted by Crippen LogP contribution is -2.35. The van der Waals surface area contributed by atoms with Gasteiger partial charge in [0.25, 0.3) is 0 Å². The third-order valence-corrected chi connectivity index (χ3v) is 4.13. The maximum Gasteiger partial charge on any atom is 0.144 e. The molecule has 21 heavy (non-hydrogen) atoms. The van der Waals surface area contributed by atoms with E-state index in [0.29, 0.717) is 5.69 Å². The van der Waals surface area contributed by atoms with Gasteiger partial charge in [0.2, 0.25) is 0 Å². The molecule has 118 valence electrons. The van der Waals surface area contributed by atoms with Gasteiger partial charge in [-0.15, -0.1) is 0 Å². The number of ether oxygens (including phenoxy) is 1. The number of rotatable bonds is 6. The SMILES string of the molecule is CCN1CCC(CNc2ccc(N)c(OC(C)C)c2)CC1. The second-order valence-electron chi connectivity index (χ2n) is 6.18. The van der Waals surface area contributed by atoms with Crippen LogP contribution in [-0.2, 0) is 0 Å². The number of piperidine rings is 1. The number of nitrogens with two attached hydrogens (primary N) is 1. The summed E-state index contributed by atoms with van der Waals surface area (Å²) >= 11 is 0. The quantitative estimate of drug-likeness (QED) is 0.790. The van der Waals surface area contributed by atoms with Crippen LogP contribution in [0, 0.1) is 5.92 Å². The Hall–Kier alpha value is -1.42. The highest BCUT2D eigenvalue weighted by Gasteiger charge is 2.17. The van der Waals surface area contributed by atoms with Gasteiger partial charge < -0.3 is 20.7 Å². The summed E-state index contributed by atoms with van der Waals surface area (Å²) in [4.78, 5) is 2.52. The Morgan fingerprint density at radius 3 is 2.67 bits per heavy atom. The Bertz CT molecular complexity index is 440. The minimum Gasteiger partial charge on any atom is -0.489 e. The van der Waals surface area contributed by atoms with Gasteiger partial charge in [-0.25, -0.2) is 0 Å². The first kappa shape index (κ1) is 16.0. The van der Waals surface area contributed by atoms with E-state index in [0.717, 1.165) is 23.9 Å². The van der Waals surface area contributed by atoms with Gasteiger partial charge in [0, 0.05) is 18.3 Å². The van der Waals surface area contributed by atoms with Crippen molar-refractivity contribution < 1.29 is 4.74 Å². The van der Waals surface area contributed by atoms with Crippen molar-refractivity contribution >= 4 is 11.4 Å². The van der Waals surface area contributed by atoms with Crippen molar-refractivity contribution in [3.8, 4) is 5.75 Å². The zero-order valence-electron chi connectivity index (χ0n) is 13.6. The molecule has 0 aromatic heterocycles. The molecule has 4 nitrogen and oxygen atoms in total. The summed E-state index contributed by atoms with van der Waals surface area (Å²) in [5.41, 5.74) is 7.74. The van der Waals surface area contributed by atoms with Crippen molar-refractivity contribution in [1.82, 2.24) is 4.90 Å². The number of nitrogen functional groups attached to an aromatic ring is 1. The lowest BCUT2D eigenvalue weighted by molar-refractivity contribution is 0.198. The molecule has 4 heteroatoms. The summed E-state index contributed by atoms with van der Waals surface area (Å²) in [7, 11) is 0. The predicted octanol–water partition coefficient (Wildman–Crippen LogP) is 3.20. The Kier molecular flexibility index (Phi) is 5.74. The van der Waals surface area contributed by atoms with Crippen LogP contribution in [0.3, 0.4) is 0 Å². The molecule has 1 saturated heterocycles. The van der Waals surface area contributed by atoms with Crippen LogP contribution in [-0.4, -0.2) is 37.2 Å². The molecule has 1 aromatic carbocycles. The number of nitrogens with zero attached hydrogens (tertiary/aromatic N) is 1. The van der Waals surface area contributed by atoms with Gasteiger partial charge in [-0.3, -0.25) is 0 Å². The molecule has 1 aromatic rings. The fourth-order valence-corrected chi connectivity index (χ4v) is 2.77. The Labute approximate surface area is 128 Å². The van der Waals surface area contributed by atoms with Crippen molar-refractivity contribution in [3.63, 3.8) is 0 Å². The van der Waals surface area contributed by atoms with Crippen LogP contribution < -0.4 is 15.8 Å². The smallest absolute Gasteiger partial charge is 0.144 e. The van der Waals surface area contributed by atoms with E-state index in [4.69, 9.17) is 10.5 Å². The minimum absolute atomic E-state index is 0.140. The van der Waals surface area contributed by atoms with Gasteiger partial charge in [-0.1, -0.05) is 6.92 Å². The van der Waals surface area contributed by atoms with Crippen molar-refractivity contribution in [2.75, 3.05) is 37.2 Å². The van der Waals surface area contributed by atoms with Crippen molar-refractivity contribution in [2.45, 2.75) is 39.7 Å². The second kappa shape index (κ2) is 7.55. The van der Waals surface area contributed by atoms with E-state index in [1.54, 1.807) is 0 Å². The van der Waals surface area contributed by atoms with Gasteiger partial charge in [-0.05, 0) is 64.4 Å². The molecule has 0 amide bonds. The van der Waals surface area contributed by atoms with E-state index < -0.39 is 0 Å². The van der Waals surface area contributed by atoms with Gasteiger partial charge >= 0.3 is 0 Å². The average molecular weight is 291 g/mol. The highest BCUT2D eigenvalue weighted by molar-refractivity contribution is 5.61. The Balaban J connectivity index is 1.86. The summed E-state index contributed by atoms with van der Waals surface area (Å²) < 4.78 is 5.73. The lowest BCUT2D eigenvalue weighted by atomic mass is 9.97. The summed E-state index contributed by atoms with van der Waals surface area (Å²) in [5, 5.41) is 3.53. The molecule has 1 fully saturated rings. The zero-order valence-corrected chi connectivity index (χ0v) is 13.6. The normalized spacial score (nSPS) is 17.1. The zero-order chi connectivity index (χ0) is 15.2. The molecule has 1 aliphatic heterocycles. The van der Waals surface area contributed by atoms with Gasteiger partial charge in [0.05, 0.1) is 11.8 Å². The first-order valence-corrected chi connectivity index (χ1v) is 8.11. The highest BCUT2D eigenvalue weighted by atomic mass is 16.5. The van der Waals surface area contributed by atoms with Crippen molar-refractivity contribution in [1.29, 1.82) is 0 Å². The van der Waals surface area contributed by atoms with E-state index in [2.05, 4.69) is 17.1 Å². The Morgan fingerprint density at radius 2 is 2.05 bits per heavy atom. The van der Waals surface area contributed by atoms with E-state index in [1.165, 1.54) is 32.5 Å². The maximum atomic E-state index is 5.95. The number of nitrogens with one attached hydrogen (secondary N) is 1. The molecule has 0 atom stereocenters. The molecule has 0 aliphatic carbocycles. The van der Waals surface area contributed by atoms with Crippen LogP contribution in [0.15, 0.2) is 18.2 Å². The molecule has 0 radical (unpaired) electrons. The lowest BCUT2D eigenvalue weighted by Gasteiger charge is -2.31. The standard InChI is InChI=1S/C17H29N3O/c1-4-20-9-7-14(8-10-20)12-19-15-5-6-16(18)17(11-15)21-13(2)3/h5-6,11,13-14,19H,4,7-10,12,18H2,1-3H3. The van der Waals surface area contributed by atoms with Crippen LogP contribution >= 0.6 is 0 Å². The molecule has 0 saturated carbocycles. The number of likely N-dealkylation sites (tertiary alicyclic amines) is 1. The van der Waals surface area contributed by atoms with Crippen LogP contribution in [0.5, 0.6) is 5.75 Å². The third-order valence-electron chi connectivity index (χ3n) is 4.13. The Morgan fingerprint density at radius 1 is 1.33 bits per heavy atom. The second-order valence-corrected chi connectivity index (χ2v) is 6.18. The maximum absolute atomic E-state index is 5.95. The monoisotopic (exact) mass is 291 g/mol. The van der Waals surface area contributed by atoms with Crippen LogP contribution in [0.25, 0.3) is 0 Å². The number of hydrogen-bond donors (Lipinski definition) is 2. The topological polar surface area (TPSA) is 50.5 Å². The van der Waals surface area contributed by atoms with Crippen LogP contribution in [0.4, 0.5) is 11.4 Å². The van der Waals surface area contributed by atoms with E-state index in [1.807, 2.05) is 32.0 Å². The fraction of sp³-hybridized carbons (Fsp3) is 0.647. The minimum atomic E-state index is 0.140. The van der Waals surface area contributed by atoms with E-state index in [-0.39, 0.29) is 6.10 Å². The van der Waals surface area contributed by atoms with E-state index in [9.17, 15) is 0 Å². The number of benzene rings is 1. The third kappa shape index (κ3) is 4.81. The first-order chi connectivity index (χ1) is 10.1. The van der Waals surface area contributed by atoms with Crippen molar-refractivity contribution in [2.24, 2.45) is 5.92 Å². The summed E-state index contributed by atoms with van der Waals surface area (Å²) in [6.07, 6.45) is 2.71. The number of hydrogen-bond acceptors (Lipinski definition) is 4. The van der Waals surface area contributed by atoms with Crippen LogP contribution in [0.2, 0.25) is 0 Å². The fourth-order valence-electron chi connectivity index (χ4n) is 2.77. The van der Waals surface area contributed by atoms with Crippen molar-refractivity contribution in [3.05, 3.63) is 18.2 Å². The molecule has 0 spiro atoms. The summed E-state index contributed by atoms with van der Waals surface area (Å²) in [6, 6.07) is 5.96. The van der Waals surface area contributed by atoms with Gasteiger partial charge in [0.1, 0.15) is 5.75 Å². The molecule has 2 rings (SSSR count). The predicted molar refractivity (Wildman–Crippen MR) is 89.9 cm³/mol. The molecular weight excluding hydrogens is 262 g/mol. The van der Waals surface area contributed by atoms with Gasteiger partial charge in [0.15, 0.2) is 0 Å². The number of anilines is 2. The van der Waals surface area contributed by atoms with Crippen LogP contribution in [0.1, 0.15) is 33.6 Å².